The second-order valence-electron chi connectivity index (χ2n) is 12.5. The molecule has 35 heavy (non-hydrogen) atoms. The molecule has 1 nitrogen and oxygen atoms in total. The first-order valence-electron chi connectivity index (χ1n) is 12.8. The van der Waals surface area contributed by atoms with Gasteiger partial charge in [0.1, 0.15) is 7.05 Å². The average Bonchev–Trinajstić information content (AvgIpc) is 2.77. The quantitative estimate of drug-likeness (QED) is 0.183. The number of benzene rings is 4. The fourth-order valence-electron chi connectivity index (χ4n) is 5.61. The van der Waals surface area contributed by atoms with Gasteiger partial charge in [-0.3, -0.25) is 0 Å². The van der Waals surface area contributed by atoms with Gasteiger partial charge in [0.25, 0.3) is 0 Å². The van der Waals surface area contributed by atoms with Gasteiger partial charge in [-0.05, 0) is 74.5 Å². The number of pyridine rings is 1. The first-order chi connectivity index (χ1) is 16.4. The van der Waals surface area contributed by atoms with Crippen LogP contribution < -0.4 is 4.57 Å². The Bertz CT molecular complexity index is 1590. The van der Waals surface area contributed by atoms with E-state index in [1.165, 1.54) is 60.3 Å². The van der Waals surface area contributed by atoms with Crippen molar-refractivity contribution in [2.24, 2.45) is 12.5 Å². The number of rotatable bonds is 2. The molecule has 1 aromatic heterocycles. The first-order valence-corrected chi connectivity index (χ1v) is 12.8. The second kappa shape index (κ2) is 8.19. The fraction of sp³-hybridized carbons (Fsp3) is 0.324. The third-order valence-corrected chi connectivity index (χ3v) is 7.29. The van der Waals surface area contributed by atoms with E-state index in [-0.39, 0.29) is 10.8 Å². The molecule has 0 aliphatic heterocycles. The summed E-state index contributed by atoms with van der Waals surface area (Å²) in [6.45, 7) is 16.1. The van der Waals surface area contributed by atoms with E-state index in [2.05, 4.69) is 133 Å². The zero-order valence-corrected chi connectivity index (χ0v) is 22.6. The summed E-state index contributed by atoms with van der Waals surface area (Å²) in [6.07, 6.45) is 3.38. The monoisotopic (exact) mass is 460 g/mol. The molecule has 0 bridgehead atoms. The zero-order valence-electron chi connectivity index (χ0n) is 22.6. The molecule has 5 rings (SSSR count). The maximum atomic E-state index is 2.44. The number of nitrogens with zero attached hydrogens (tertiary/aromatic N) is 1. The van der Waals surface area contributed by atoms with Crippen molar-refractivity contribution in [2.45, 2.75) is 60.3 Å². The smallest absolute Gasteiger partial charge is 0.200 e. The summed E-state index contributed by atoms with van der Waals surface area (Å²) in [4.78, 5) is 0. The van der Waals surface area contributed by atoms with E-state index in [1.807, 2.05) is 0 Å². The Morgan fingerprint density at radius 3 is 2.06 bits per heavy atom. The minimum absolute atomic E-state index is 0.0631. The van der Waals surface area contributed by atoms with E-state index in [0.29, 0.717) is 0 Å². The topological polar surface area (TPSA) is 3.88 Å². The Morgan fingerprint density at radius 1 is 0.686 bits per heavy atom. The average molecular weight is 461 g/mol. The van der Waals surface area contributed by atoms with Crippen LogP contribution in [0.15, 0.2) is 72.9 Å². The zero-order chi connectivity index (χ0) is 25.1. The van der Waals surface area contributed by atoms with Gasteiger partial charge < -0.3 is 0 Å². The number of hydrogen-bond donors (Lipinski definition) is 0. The van der Waals surface area contributed by atoms with Crippen LogP contribution in [-0.2, 0) is 18.9 Å². The molecular weight excluding hydrogens is 422 g/mol. The Kier molecular flexibility index (Phi) is 5.51. The van der Waals surface area contributed by atoms with Crippen molar-refractivity contribution < 1.29 is 4.57 Å². The summed E-state index contributed by atoms with van der Waals surface area (Å²) in [7, 11) is 2.18. The summed E-state index contributed by atoms with van der Waals surface area (Å²) in [5.41, 5.74) is 7.08. The first kappa shape index (κ1) is 23.5. The molecule has 1 heterocycles. The molecule has 1 heteroatoms. The highest BCUT2D eigenvalue weighted by atomic mass is 14.9. The minimum Gasteiger partial charge on any atom is -0.200 e. The van der Waals surface area contributed by atoms with Crippen LogP contribution >= 0.6 is 0 Å². The minimum atomic E-state index is 0.0631. The van der Waals surface area contributed by atoms with Crippen LogP contribution in [0.3, 0.4) is 0 Å². The molecule has 0 fully saturated rings. The highest BCUT2D eigenvalue weighted by molar-refractivity contribution is 6.08. The third kappa shape index (κ3) is 4.33. The van der Waals surface area contributed by atoms with Crippen molar-refractivity contribution in [2.75, 3.05) is 0 Å². The Morgan fingerprint density at radius 2 is 1.37 bits per heavy atom. The summed E-state index contributed by atoms with van der Waals surface area (Å²) < 4.78 is 2.30. The van der Waals surface area contributed by atoms with E-state index < -0.39 is 0 Å². The molecular formula is C34H38N+. The molecule has 0 amide bonds. The van der Waals surface area contributed by atoms with Crippen LogP contribution in [0.2, 0.25) is 0 Å². The Hall–Kier alpha value is -3.19. The van der Waals surface area contributed by atoms with Gasteiger partial charge in [0.15, 0.2) is 6.20 Å². The summed E-state index contributed by atoms with van der Waals surface area (Å²) >= 11 is 0. The number of fused-ring (bicyclic) bond motifs is 4. The highest BCUT2D eigenvalue weighted by Crippen LogP contribution is 2.38. The molecule has 0 unspecified atom stereocenters. The Labute approximate surface area is 210 Å². The van der Waals surface area contributed by atoms with Crippen LogP contribution in [0.25, 0.3) is 43.6 Å². The van der Waals surface area contributed by atoms with Gasteiger partial charge in [-0.1, -0.05) is 90.1 Å². The SMILES string of the molecule is Cc1c(-c2cc3c(ccc4cc(CC(C)(C)C)ccc43)c[n+]2C)cc(C(C)(C)C)c2ccccc12. The normalized spacial score (nSPS) is 12.7. The van der Waals surface area contributed by atoms with E-state index in [4.69, 9.17) is 0 Å². The summed E-state index contributed by atoms with van der Waals surface area (Å²) in [6, 6.07) is 25.3. The maximum Gasteiger partial charge on any atom is 0.213 e. The lowest BCUT2D eigenvalue weighted by atomic mass is 9.80. The number of hydrogen-bond acceptors (Lipinski definition) is 0. The largest absolute Gasteiger partial charge is 0.213 e. The highest BCUT2D eigenvalue weighted by Gasteiger charge is 2.23. The molecule has 0 saturated carbocycles. The van der Waals surface area contributed by atoms with Gasteiger partial charge in [0.2, 0.25) is 5.69 Å². The van der Waals surface area contributed by atoms with Crippen molar-refractivity contribution in [3.05, 3.63) is 89.6 Å². The van der Waals surface area contributed by atoms with Crippen molar-refractivity contribution in [1.82, 2.24) is 0 Å². The lowest BCUT2D eigenvalue weighted by Crippen LogP contribution is -2.31. The fourth-order valence-corrected chi connectivity index (χ4v) is 5.61. The van der Waals surface area contributed by atoms with Gasteiger partial charge in [0.05, 0.1) is 0 Å². The number of aromatic nitrogens is 1. The Balaban J connectivity index is 1.77. The molecule has 0 spiro atoms. The van der Waals surface area contributed by atoms with Crippen LogP contribution in [-0.4, -0.2) is 0 Å². The molecule has 0 N–H and O–H groups in total. The van der Waals surface area contributed by atoms with E-state index in [1.54, 1.807) is 0 Å². The van der Waals surface area contributed by atoms with Gasteiger partial charge >= 0.3 is 0 Å². The third-order valence-electron chi connectivity index (χ3n) is 7.29. The summed E-state index contributed by atoms with van der Waals surface area (Å²) in [5.74, 6) is 0. The summed E-state index contributed by atoms with van der Waals surface area (Å²) in [5, 5.41) is 7.96. The van der Waals surface area contributed by atoms with Gasteiger partial charge in [0, 0.05) is 22.4 Å². The number of aryl methyl sites for hydroxylation is 2. The molecule has 0 aliphatic carbocycles. The maximum absolute atomic E-state index is 2.44. The van der Waals surface area contributed by atoms with Gasteiger partial charge in [-0.25, -0.2) is 4.57 Å². The lowest BCUT2D eigenvalue weighted by molar-refractivity contribution is -0.659. The molecule has 0 atom stereocenters. The van der Waals surface area contributed by atoms with E-state index in [9.17, 15) is 0 Å². The van der Waals surface area contributed by atoms with Crippen molar-refractivity contribution in [3.63, 3.8) is 0 Å². The van der Waals surface area contributed by atoms with Crippen LogP contribution in [0, 0.1) is 12.3 Å². The molecule has 0 radical (unpaired) electrons. The predicted octanol–water partition coefficient (Wildman–Crippen LogP) is 8.83. The van der Waals surface area contributed by atoms with E-state index in [0.717, 1.165) is 6.42 Å². The van der Waals surface area contributed by atoms with Gasteiger partial charge in [-0.15, -0.1) is 0 Å². The van der Waals surface area contributed by atoms with Crippen LogP contribution in [0.1, 0.15) is 58.2 Å². The lowest BCUT2D eigenvalue weighted by Gasteiger charge is -2.24. The van der Waals surface area contributed by atoms with Crippen molar-refractivity contribution in [3.8, 4) is 11.3 Å². The van der Waals surface area contributed by atoms with Crippen LogP contribution in [0.4, 0.5) is 0 Å². The standard InChI is InChI=1S/C34H38N/c1-22-26-11-9-10-12-28(26)31(34(5,6)7)18-29(22)32-19-30-25(21-35(32)8)15-14-24-17-23(13-16-27(24)30)20-33(2,3)4/h9-19,21H,20H2,1-8H3/q+1. The molecule has 178 valence electrons. The van der Waals surface area contributed by atoms with Crippen LogP contribution in [0.5, 0.6) is 0 Å². The molecule has 4 aromatic carbocycles. The molecule has 0 saturated heterocycles. The van der Waals surface area contributed by atoms with Crippen molar-refractivity contribution >= 4 is 32.3 Å². The molecule has 5 aromatic rings. The van der Waals surface area contributed by atoms with Crippen molar-refractivity contribution in [1.29, 1.82) is 0 Å². The van der Waals surface area contributed by atoms with E-state index >= 15 is 0 Å². The van der Waals surface area contributed by atoms with Gasteiger partial charge in [-0.2, -0.15) is 0 Å². The predicted molar refractivity (Wildman–Crippen MR) is 152 cm³/mol. The molecule has 0 aliphatic rings. The second-order valence-corrected chi connectivity index (χ2v) is 12.5.